The minimum Gasteiger partial charge on any atom is -0.494 e. The van der Waals surface area contributed by atoms with Crippen molar-refractivity contribution in [3.8, 4) is 5.75 Å². The summed E-state index contributed by atoms with van der Waals surface area (Å²) in [6.07, 6.45) is 1.69. The molecule has 0 unspecified atom stereocenters. The Morgan fingerprint density at radius 1 is 1.11 bits per heavy atom. The van der Waals surface area contributed by atoms with Gasteiger partial charge in [-0.2, -0.15) is 0 Å². The van der Waals surface area contributed by atoms with E-state index in [1.807, 2.05) is 26.0 Å². The Bertz CT molecular complexity index is 1090. The van der Waals surface area contributed by atoms with Crippen LogP contribution in [0, 0.1) is 6.92 Å². The lowest BCUT2D eigenvalue weighted by atomic mass is 10.2. The summed E-state index contributed by atoms with van der Waals surface area (Å²) >= 11 is 6.00. The van der Waals surface area contributed by atoms with Gasteiger partial charge < -0.3 is 10.1 Å². The average Bonchev–Trinajstić information content (AvgIpc) is 2.66. The van der Waals surface area contributed by atoms with Crippen molar-refractivity contribution >= 4 is 38.2 Å². The Labute approximate surface area is 169 Å². The van der Waals surface area contributed by atoms with Gasteiger partial charge in [0, 0.05) is 35.4 Å². The fourth-order valence-corrected chi connectivity index (χ4v) is 4.13. The molecule has 6 nitrogen and oxygen atoms in total. The van der Waals surface area contributed by atoms with E-state index in [0.717, 1.165) is 22.2 Å². The van der Waals surface area contributed by atoms with Crippen LogP contribution in [0.2, 0.25) is 5.02 Å². The van der Waals surface area contributed by atoms with Gasteiger partial charge in [0.25, 0.3) is 0 Å². The van der Waals surface area contributed by atoms with E-state index in [0.29, 0.717) is 23.9 Å². The monoisotopic (exact) mass is 419 g/mol. The van der Waals surface area contributed by atoms with E-state index >= 15 is 0 Å². The Hall–Kier alpha value is -2.35. The van der Waals surface area contributed by atoms with Crippen molar-refractivity contribution in [2.75, 3.05) is 25.0 Å². The lowest BCUT2D eigenvalue weighted by Gasteiger charge is -2.12. The molecule has 0 aliphatic carbocycles. The van der Waals surface area contributed by atoms with Crippen LogP contribution < -0.4 is 14.8 Å². The third kappa shape index (κ3) is 4.73. The molecule has 3 aromatic rings. The number of rotatable bonds is 8. The van der Waals surface area contributed by atoms with E-state index in [1.54, 1.807) is 36.5 Å². The lowest BCUT2D eigenvalue weighted by Crippen LogP contribution is -2.29. The van der Waals surface area contributed by atoms with Crippen molar-refractivity contribution < 1.29 is 13.2 Å². The molecule has 3 rings (SSSR count). The van der Waals surface area contributed by atoms with Crippen molar-refractivity contribution in [1.82, 2.24) is 9.71 Å². The van der Waals surface area contributed by atoms with Crippen LogP contribution in [-0.2, 0) is 10.0 Å². The number of ether oxygens (including phenoxy) is 1. The van der Waals surface area contributed by atoms with Gasteiger partial charge >= 0.3 is 0 Å². The molecule has 1 heterocycles. The van der Waals surface area contributed by atoms with Crippen molar-refractivity contribution in [1.29, 1.82) is 0 Å². The number of sulfonamides is 1. The highest BCUT2D eigenvalue weighted by Gasteiger charge is 2.15. The van der Waals surface area contributed by atoms with Gasteiger partial charge in [0.2, 0.25) is 10.0 Å². The quantitative estimate of drug-likeness (QED) is 0.540. The predicted octanol–water partition coefficient (Wildman–Crippen LogP) is 3.99. The van der Waals surface area contributed by atoms with Gasteiger partial charge in [-0.25, -0.2) is 13.1 Å². The average molecular weight is 420 g/mol. The number of nitrogens with one attached hydrogen (secondary N) is 2. The SMILES string of the molecule is CCOc1ccc(S(=O)(=O)NCCNc2ccnc3cc(Cl)ccc23)cc1C. The second-order valence-corrected chi connectivity index (χ2v) is 8.41. The molecule has 2 N–H and O–H groups in total. The second-order valence-electron chi connectivity index (χ2n) is 6.20. The van der Waals surface area contributed by atoms with Gasteiger partial charge in [-0.3, -0.25) is 4.98 Å². The number of hydrogen-bond acceptors (Lipinski definition) is 5. The molecule has 2 aromatic carbocycles. The number of hydrogen-bond donors (Lipinski definition) is 2. The number of nitrogens with zero attached hydrogens (tertiary/aromatic N) is 1. The number of aromatic nitrogens is 1. The fourth-order valence-electron chi connectivity index (χ4n) is 2.85. The van der Waals surface area contributed by atoms with Crippen molar-refractivity contribution in [2.45, 2.75) is 18.7 Å². The normalized spacial score (nSPS) is 11.5. The van der Waals surface area contributed by atoms with E-state index in [-0.39, 0.29) is 11.4 Å². The van der Waals surface area contributed by atoms with Crippen LogP contribution in [0.1, 0.15) is 12.5 Å². The first-order valence-electron chi connectivity index (χ1n) is 8.92. The summed E-state index contributed by atoms with van der Waals surface area (Å²) < 4.78 is 33.1. The Morgan fingerprint density at radius 2 is 1.93 bits per heavy atom. The lowest BCUT2D eigenvalue weighted by molar-refractivity contribution is 0.337. The summed E-state index contributed by atoms with van der Waals surface area (Å²) in [5.41, 5.74) is 2.44. The molecule has 0 radical (unpaired) electrons. The van der Waals surface area contributed by atoms with Crippen molar-refractivity contribution in [2.24, 2.45) is 0 Å². The predicted molar refractivity (Wildman–Crippen MR) is 113 cm³/mol. The molecule has 0 bridgehead atoms. The van der Waals surface area contributed by atoms with Gasteiger partial charge in [0.1, 0.15) is 5.75 Å². The summed E-state index contributed by atoms with van der Waals surface area (Å²) in [5, 5.41) is 4.79. The van der Waals surface area contributed by atoms with Crippen LogP contribution in [0.25, 0.3) is 10.9 Å². The van der Waals surface area contributed by atoms with E-state index in [4.69, 9.17) is 16.3 Å². The molecular formula is C20H22ClN3O3S. The van der Waals surface area contributed by atoms with E-state index in [1.165, 1.54) is 0 Å². The number of halogens is 1. The number of pyridine rings is 1. The van der Waals surface area contributed by atoms with Gasteiger partial charge in [-0.15, -0.1) is 0 Å². The highest BCUT2D eigenvalue weighted by Crippen LogP contribution is 2.24. The molecular weight excluding hydrogens is 398 g/mol. The molecule has 8 heteroatoms. The summed E-state index contributed by atoms with van der Waals surface area (Å²) in [7, 11) is -3.59. The third-order valence-corrected chi connectivity index (χ3v) is 5.89. The second kappa shape index (κ2) is 8.77. The highest BCUT2D eigenvalue weighted by molar-refractivity contribution is 7.89. The van der Waals surface area contributed by atoms with Crippen LogP contribution in [0.3, 0.4) is 0 Å². The van der Waals surface area contributed by atoms with Gasteiger partial charge in [-0.1, -0.05) is 11.6 Å². The van der Waals surface area contributed by atoms with Crippen LogP contribution in [0.5, 0.6) is 5.75 Å². The molecule has 0 saturated heterocycles. The molecule has 0 amide bonds. The Kier molecular flexibility index (Phi) is 6.39. The topological polar surface area (TPSA) is 80.3 Å². The zero-order valence-corrected chi connectivity index (χ0v) is 17.3. The van der Waals surface area contributed by atoms with Gasteiger partial charge in [0.05, 0.1) is 17.0 Å². The summed E-state index contributed by atoms with van der Waals surface area (Å²) in [6.45, 7) is 4.92. The number of fused-ring (bicyclic) bond motifs is 1. The zero-order chi connectivity index (χ0) is 20.1. The van der Waals surface area contributed by atoms with Crippen molar-refractivity contribution in [3.63, 3.8) is 0 Å². The van der Waals surface area contributed by atoms with Crippen molar-refractivity contribution in [3.05, 3.63) is 59.2 Å². The minimum absolute atomic E-state index is 0.220. The van der Waals surface area contributed by atoms with Gasteiger partial charge in [-0.05, 0) is 61.9 Å². The maximum absolute atomic E-state index is 12.5. The van der Waals surface area contributed by atoms with Crippen LogP contribution >= 0.6 is 11.6 Å². The molecule has 28 heavy (non-hydrogen) atoms. The molecule has 1 aromatic heterocycles. The summed E-state index contributed by atoms with van der Waals surface area (Å²) in [6, 6.07) is 12.2. The Balaban J connectivity index is 1.63. The molecule has 0 fully saturated rings. The number of aryl methyl sites for hydroxylation is 1. The molecule has 148 valence electrons. The molecule has 0 spiro atoms. The first-order valence-corrected chi connectivity index (χ1v) is 10.8. The smallest absolute Gasteiger partial charge is 0.240 e. The van der Waals surface area contributed by atoms with E-state index < -0.39 is 10.0 Å². The fraction of sp³-hybridized carbons (Fsp3) is 0.250. The van der Waals surface area contributed by atoms with E-state index in [9.17, 15) is 8.42 Å². The van der Waals surface area contributed by atoms with Crippen LogP contribution in [0.4, 0.5) is 5.69 Å². The number of benzene rings is 2. The zero-order valence-electron chi connectivity index (χ0n) is 15.7. The standard InChI is InChI=1S/C20H22ClN3O3S/c1-3-27-20-7-5-16(12-14(20)2)28(25,26)24-11-10-23-18-8-9-22-19-13-15(21)4-6-17(18)19/h4-9,12-13,24H,3,10-11H2,1-2H3,(H,22,23). The highest BCUT2D eigenvalue weighted by atomic mass is 35.5. The summed E-state index contributed by atoms with van der Waals surface area (Å²) in [5.74, 6) is 0.688. The number of anilines is 1. The first kappa shape index (κ1) is 20.4. The molecule has 0 aliphatic rings. The summed E-state index contributed by atoms with van der Waals surface area (Å²) in [4.78, 5) is 4.51. The Morgan fingerprint density at radius 3 is 2.68 bits per heavy atom. The van der Waals surface area contributed by atoms with Gasteiger partial charge in [0.15, 0.2) is 0 Å². The largest absolute Gasteiger partial charge is 0.494 e. The van der Waals surface area contributed by atoms with Crippen LogP contribution in [0.15, 0.2) is 53.6 Å². The van der Waals surface area contributed by atoms with E-state index in [2.05, 4.69) is 15.0 Å². The molecule has 0 atom stereocenters. The molecule has 0 aliphatic heterocycles. The van der Waals surface area contributed by atoms with Crippen LogP contribution in [-0.4, -0.2) is 33.1 Å². The maximum atomic E-state index is 12.5. The molecule has 0 saturated carbocycles. The third-order valence-electron chi connectivity index (χ3n) is 4.19. The maximum Gasteiger partial charge on any atom is 0.240 e. The minimum atomic E-state index is -3.59. The first-order chi connectivity index (χ1) is 13.4.